The minimum Gasteiger partial charge on any atom is -0.488 e. The second-order valence-electron chi connectivity index (χ2n) is 8.37. The van der Waals surface area contributed by atoms with Crippen molar-refractivity contribution in [2.75, 3.05) is 0 Å². The summed E-state index contributed by atoms with van der Waals surface area (Å²) in [5, 5.41) is 8.91. The zero-order valence-corrected chi connectivity index (χ0v) is 17.4. The van der Waals surface area contributed by atoms with E-state index < -0.39 is 5.97 Å². The molecule has 0 amide bonds. The molecule has 3 nitrogen and oxygen atoms in total. The summed E-state index contributed by atoms with van der Waals surface area (Å²) in [5.74, 6) is 6.68. The number of fused-ring (bicyclic) bond motifs is 1. The molecule has 4 heteroatoms. The van der Waals surface area contributed by atoms with Crippen molar-refractivity contribution in [3.8, 4) is 17.6 Å². The number of hydrogen-bond donors (Lipinski definition) is 1. The first-order chi connectivity index (χ1) is 12.6. The molecule has 2 aromatic rings. The van der Waals surface area contributed by atoms with Crippen LogP contribution in [0.5, 0.6) is 5.75 Å². The molecule has 27 heavy (non-hydrogen) atoms. The van der Waals surface area contributed by atoms with E-state index >= 15 is 0 Å². The second-order valence-corrected chi connectivity index (χ2v) is 9.54. The molecule has 0 unspecified atom stereocenters. The van der Waals surface area contributed by atoms with Crippen LogP contribution in [0.4, 0.5) is 0 Å². The molecule has 1 aromatic carbocycles. The molecule has 3 rings (SSSR count). The Morgan fingerprint density at radius 3 is 2.63 bits per heavy atom. The minimum atomic E-state index is -0.815. The number of hydrogen-bond acceptors (Lipinski definition) is 3. The van der Waals surface area contributed by atoms with Gasteiger partial charge in [-0.15, -0.1) is 11.3 Å². The number of benzene rings is 1. The topological polar surface area (TPSA) is 46.5 Å². The Bertz CT molecular complexity index is 938. The van der Waals surface area contributed by atoms with Crippen LogP contribution in [0.3, 0.4) is 0 Å². The van der Waals surface area contributed by atoms with E-state index in [0.29, 0.717) is 0 Å². The molecule has 2 heterocycles. The van der Waals surface area contributed by atoms with Crippen molar-refractivity contribution < 1.29 is 14.6 Å². The van der Waals surface area contributed by atoms with Gasteiger partial charge in [0.2, 0.25) is 0 Å². The van der Waals surface area contributed by atoms with Gasteiger partial charge < -0.3 is 9.84 Å². The van der Waals surface area contributed by atoms with Gasteiger partial charge in [-0.2, -0.15) is 0 Å². The average Bonchev–Trinajstić information content (AvgIpc) is 2.97. The number of carboxylic acid groups (broad SMARTS) is 1. The Morgan fingerprint density at radius 2 is 1.96 bits per heavy atom. The SMILES string of the molecule is CCc1cc2c(cc1C#Cc1ccc(CC(=O)O)s1)C(C)(C)CC(C)(C)O2. The fraction of sp³-hybridized carbons (Fsp3) is 0.435. The standard InChI is InChI=1S/C23H26O3S/c1-6-15-12-20-19(22(2,3)14-23(4,5)26-20)11-16(15)7-8-17-9-10-18(27-17)13-21(24)25/h9-12H,6,13-14H2,1-5H3,(H,24,25). The predicted molar refractivity (Wildman–Crippen MR) is 110 cm³/mol. The number of carboxylic acids is 1. The van der Waals surface area contributed by atoms with Crippen LogP contribution >= 0.6 is 11.3 Å². The van der Waals surface area contributed by atoms with Crippen LogP contribution in [0, 0.1) is 11.8 Å². The van der Waals surface area contributed by atoms with Crippen LogP contribution in [0.25, 0.3) is 0 Å². The molecular weight excluding hydrogens is 356 g/mol. The molecule has 0 saturated carbocycles. The van der Waals surface area contributed by atoms with Crippen LogP contribution in [0.1, 0.15) is 67.5 Å². The van der Waals surface area contributed by atoms with Gasteiger partial charge in [-0.25, -0.2) is 0 Å². The van der Waals surface area contributed by atoms with Crippen molar-refractivity contribution in [3.63, 3.8) is 0 Å². The van der Waals surface area contributed by atoms with Gasteiger partial charge in [0, 0.05) is 16.0 Å². The summed E-state index contributed by atoms with van der Waals surface area (Å²) in [6.45, 7) is 10.9. The van der Waals surface area contributed by atoms with E-state index in [9.17, 15) is 4.79 Å². The number of aryl methyl sites for hydroxylation is 1. The van der Waals surface area contributed by atoms with Crippen molar-refractivity contribution in [1.29, 1.82) is 0 Å². The van der Waals surface area contributed by atoms with Crippen LogP contribution in [-0.4, -0.2) is 16.7 Å². The molecule has 1 aromatic heterocycles. The molecule has 1 aliphatic heterocycles. The van der Waals surface area contributed by atoms with Gasteiger partial charge >= 0.3 is 5.97 Å². The van der Waals surface area contributed by atoms with E-state index in [1.165, 1.54) is 22.5 Å². The summed E-state index contributed by atoms with van der Waals surface area (Å²) in [7, 11) is 0. The van der Waals surface area contributed by atoms with Crippen LogP contribution in [0.2, 0.25) is 0 Å². The highest BCUT2D eigenvalue weighted by Gasteiger charge is 2.39. The van der Waals surface area contributed by atoms with E-state index in [4.69, 9.17) is 9.84 Å². The summed E-state index contributed by atoms with van der Waals surface area (Å²) in [5.41, 5.74) is 3.27. The van der Waals surface area contributed by atoms with Crippen molar-refractivity contribution >= 4 is 17.3 Å². The van der Waals surface area contributed by atoms with Gasteiger partial charge in [0.25, 0.3) is 0 Å². The number of thiophene rings is 1. The zero-order chi connectivity index (χ0) is 19.8. The highest BCUT2D eigenvalue weighted by atomic mass is 32.1. The molecule has 0 spiro atoms. The molecule has 1 N–H and O–H groups in total. The minimum absolute atomic E-state index is 0.0252. The lowest BCUT2D eigenvalue weighted by molar-refractivity contribution is -0.136. The van der Waals surface area contributed by atoms with Crippen molar-refractivity contribution in [2.24, 2.45) is 0 Å². The Kier molecular flexibility index (Phi) is 5.10. The monoisotopic (exact) mass is 382 g/mol. The molecule has 0 bridgehead atoms. The highest BCUT2D eigenvalue weighted by Crippen LogP contribution is 2.45. The molecular formula is C23H26O3S. The fourth-order valence-electron chi connectivity index (χ4n) is 3.96. The molecule has 0 radical (unpaired) electrons. The van der Waals surface area contributed by atoms with Crippen molar-refractivity contribution in [1.82, 2.24) is 0 Å². The summed E-state index contributed by atoms with van der Waals surface area (Å²) < 4.78 is 6.25. The third kappa shape index (κ3) is 4.36. The van der Waals surface area contributed by atoms with Gasteiger partial charge in [-0.1, -0.05) is 32.6 Å². The van der Waals surface area contributed by atoms with Crippen molar-refractivity contribution in [3.05, 3.63) is 50.7 Å². The van der Waals surface area contributed by atoms with E-state index in [1.807, 2.05) is 12.1 Å². The largest absolute Gasteiger partial charge is 0.488 e. The second kappa shape index (κ2) is 7.05. The third-order valence-corrected chi connectivity index (χ3v) is 5.88. The Labute approximate surface area is 165 Å². The highest BCUT2D eigenvalue weighted by molar-refractivity contribution is 7.12. The summed E-state index contributed by atoms with van der Waals surface area (Å²) in [4.78, 5) is 12.6. The van der Waals surface area contributed by atoms with Crippen LogP contribution in [0.15, 0.2) is 24.3 Å². The molecule has 0 fully saturated rings. The van der Waals surface area contributed by atoms with Crippen LogP contribution in [-0.2, 0) is 23.1 Å². The van der Waals surface area contributed by atoms with E-state index in [2.05, 4.69) is 58.6 Å². The maximum Gasteiger partial charge on any atom is 0.308 e. The average molecular weight is 383 g/mol. The van der Waals surface area contributed by atoms with E-state index in [1.54, 1.807) is 0 Å². The Balaban J connectivity index is 1.98. The molecule has 0 atom stereocenters. The summed E-state index contributed by atoms with van der Waals surface area (Å²) in [6, 6.07) is 8.07. The molecule has 0 aliphatic carbocycles. The number of rotatable bonds is 3. The van der Waals surface area contributed by atoms with Gasteiger partial charge in [0.1, 0.15) is 11.4 Å². The van der Waals surface area contributed by atoms with E-state index in [-0.39, 0.29) is 17.4 Å². The van der Waals surface area contributed by atoms with Gasteiger partial charge in [0.15, 0.2) is 0 Å². The van der Waals surface area contributed by atoms with E-state index in [0.717, 1.165) is 33.9 Å². The maximum absolute atomic E-state index is 10.8. The Morgan fingerprint density at radius 1 is 1.22 bits per heavy atom. The summed E-state index contributed by atoms with van der Waals surface area (Å²) >= 11 is 1.44. The zero-order valence-electron chi connectivity index (χ0n) is 16.6. The van der Waals surface area contributed by atoms with Crippen LogP contribution < -0.4 is 4.74 Å². The van der Waals surface area contributed by atoms with Gasteiger partial charge in [-0.3, -0.25) is 4.79 Å². The first kappa shape index (κ1) is 19.5. The lowest BCUT2D eigenvalue weighted by Gasteiger charge is -2.42. The Hall–Kier alpha value is -2.25. The number of ether oxygens (including phenoxy) is 1. The molecule has 0 saturated heterocycles. The lowest BCUT2D eigenvalue weighted by atomic mass is 9.73. The predicted octanol–water partition coefficient (Wildman–Crippen LogP) is 5.18. The molecule has 1 aliphatic rings. The fourth-order valence-corrected chi connectivity index (χ4v) is 4.81. The molecule has 142 valence electrons. The summed E-state index contributed by atoms with van der Waals surface area (Å²) in [6.07, 6.45) is 1.89. The number of aliphatic carboxylic acids is 1. The normalized spacial score (nSPS) is 16.6. The van der Waals surface area contributed by atoms with Gasteiger partial charge in [-0.05, 0) is 61.9 Å². The van der Waals surface area contributed by atoms with Gasteiger partial charge in [0.05, 0.1) is 11.3 Å². The number of carbonyl (C=O) groups is 1. The maximum atomic E-state index is 10.8. The third-order valence-electron chi connectivity index (χ3n) is 4.88. The first-order valence-corrected chi connectivity index (χ1v) is 10.1. The van der Waals surface area contributed by atoms with Crippen molar-refractivity contribution in [2.45, 2.75) is 64.9 Å². The smallest absolute Gasteiger partial charge is 0.308 e. The lowest BCUT2D eigenvalue weighted by Crippen LogP contribution is -2.41. The first-order valence-electron chi connectivity index (χ1n) is 9.28. The quantitative estimate of drug-likeness (QED) is 0.745.